The van der Waals surface area contributed by atoms with E-state index in [0.717, 1.165) is 11.9 Å². The second-order valence-corrected chi connectivity index (χ2v) is 4.62. The molecule has 0 aliphatic carbocycles. The zero-order valence-corrected chi connectivity index (χ0v) is 9.27. The molecule has 0 radical (unpaired) electrons. The van der Waals surface area contributed by atoms with E-state index in [1.54, 1.807) is 11.3 Å². The molecule has 2 nitrogen and oxygen atoms in total. The van der Waals surface area contributed by atoms with Gasteiger partial charge in [-0.15, -0.1) is 0 Å². The van der Waals surface area contributed by atoms with Crippen molar-refractivity contribution in [1.82, 2.24) is 4.98 Å². The Morgan fingerprint density at radius 1 is 1.50 bits per heavy atom. The average molecular weight is 206 g/mol. The fourth-order valence-electron chi connectivity index (χ4n) is 1.60. The van der Waals surface area contributed by atoms with Gasteiger partial charge >= 0.3 is 0 Å². The Balaban J connectivity index is 2.64. The maximum absolute atomic E-state index is 5.71. The van der Waals surface area contributed by atoms with Crippen LogP contribution in [0.2, 0.25) is 0 Å². The molecule has 2 N–H and O–H groups in total. The minimum Gasteiger partial charge on any atom is -0.375 e. The highest BCUT2D eigenvalue weighted by atomic mass is 32.1. The van der Waals surface area contributed by atoms with Crippen LogP contribution in [0.15, 0.2) is 18.2 Å². The molecule has 0 saturated heterocycles. The van der Waals surface area contributed by atoms with Gasteiger partial charge in [0.2, 0.25) is 0 Å². The second-order valence-electron chi connectivity index (χ2n) is 3.56. The van der Waals surface area contributed by atoms with E-state index >= 15 is 0 Å². The van der Waals surface area contributed by atoms with E-state index in [2.05, 4.69) is 37.0 Å². The molecule has 0 bridgehead atoms. The molecular weight excluding hydrogens is 192 g/mol. The smallest absolute Gasteiger partial charge is 0.181 e. The molecular formula is C11H14N2S. The van der Waals surface area contributed by atoms with Crippen molar-refractivity contribution in [1.29, 1.82) is 0 Å². The molecule has 0 saturated carbocycles. The molecule has 0 spiro atoms. The molecule has 2 rings (SSSR count). The van der Waals surface area contributed by atoms with E-state index in [1.807, 2.05) is 0 Å². The predicted molar refractivity (Wildman–Crippen MR) is 62.7 cm³/mol. The first-order valence-corrected chi connectivity index (χ1v) is 5.69. The molecule has 3 heteroatoms. The minimum absolute atomic E-state index is 0.556. The summed E-state index contributed by atoms with van der Waals surface area (Å²) >= 11 is 1.56. The van der Waals surface area contributed by atoms with Gasteiger partial charge in [-0.05, 0) is 24.0 Å². The number of nitrogens with two attached hydrogens (primary N) is 1. The second kappa shape index (κ2) is 3.58. The maximum Gasteiger partial charge on any atom is 0.181 e. The standard InChI is InChI=1S/C11H14N2S/c1-3-7(2)8-5-4-6-9-10(8)13-11(12)14-9/h4-7H,3H2,1-2H3,(H2,12,13)/t7-/m1/s1. The molecule has 0 amide bonds. The van der Waals surface area contributed by atoms with Crippen LogP contribution in [0, 0.1) is 0 Å². The van der Waals surface area contributed by atoms with Crippen molar-refractivity contribution in [3.63, 3.8) is 0 Å². The number of nitrogens with zero attached hydrogens (tertiary/aromatic N) is 1. The number of thiazole rings is 1. The third-order valence-electron chi connectivity index (χ3n) is 2.61. The summed E-state index contributed by atoms with van der Waals surface area (Å²) in [6.45, 7) is 4.42. The van der Waals surface area contributed by atoms with Crippen molar-refractivity contribution < 1.29 is 0 Å². The summed E-state index contributed by atoms with van der Waals surface area (Å²) < 4.78 is 1.19. The minimum atomic E-state index is 0.556. The lowest BCUT2D eigenvalue weighted by molar-refractivity contribution is 0.738. The van der Waals surface area contributed by atoms with Crippen molar-refractivity contribution in [3.05, 3.63) is 23.8 Å². The molecule has 1 atom stereocenters. The van der Waals surface area contributed by atoms with Gasteiger partial charge in [-0.2, -0.15) is 0 Å². The first-order valence-electron chi connectivity index (χ1n) is 4.87. The van der Waals surface area contributed by atoms with Gasteiger partial charge in [-0.3, -0.25) is 0 Å². The molecule has 74 valence electrons. The van der Waals surface area contributed by atoms with Crippen LogP contribution >= 0.6 is 11.3 Å². The van der Waals surface area contributed by atoms with E-state index in [4.69, 9.17) is 5.73 Å². The Hall–Kier alpha value is -1.09. The van der Waals surface area contributed by atoms with Crippen LogP contribution in [-0.2, 0) is 0 Å². The number of nitrogen functional groups attached to an aromatic ring is 1. The van der Waals surface area contributed by atoms with E-state index in [9.17, 15) is 0 Å². The normalized spacial score (nSPS) is 13.3. The van der Waals surface area contributed by atoms with Gasteiger partial charge in [0.05, 0.1) is 10.2 Å². The molecule has 2 aromatic rings. The third kappa shape index (κ3) is 1.48. The Kier molecular flexibility index (Phi) is 2.42. The van der Waals surface area contributed by atoms with E-state index < -0.39 is 0 Å². The van der Waals surface area contributed by atoms with Crippen molar-refractivity contribution in [3.8, 4) is 0 Å². The van der Waals surface area contributed by atoms with Crippen LogP contribution in [0.3, 0.4) is 0 Å². The Labute approximate surface area is 87.8 Å². The third-order valence-corrected chi connectivity index (χ3v) is 3.46. The lowest BCUT2D eigenvalue weighted by atomic mass is 9.98. The fraction of sp³-hybridized carbons (Fsp3) is 0.364. The van der Waals surface area contributed by atoms with Crippen LogP contribution in [0.5, 0.6) is 0 Å². The highest BCUT2D eigenvalue weighted by Gasteiger charge is 2.10. The summed E-state index contributed by atoms with van der Waals surface area (Å²) in [4.78, 5) is 4.38. The molecule has 1 heterocycles. The molecule has 0 fully saturated rings. The Bertz CT molecular complexity index is 447. The number of hydrogen-bond donors (Lipinski definition) is 1. The van der Waals surface area contributed by atoms with Crippen molar-refractivity contribution in [2.45, 2.75) is 26.2 Å². The van der Waals surface area contributed by atoms with Crippen LogP contribution in [0.25, 0.3) is 10.2 Å². The monoisotopic (exact) mass is 206 g/mol. The van der Waals surface area contributed by atoms with Crippen molar-refractivity contribution >= 4 is 26.7 Å². The number of fused-ring (bicyclic) bond motifs is 1. The topological polar surface area (TPSA) is 38.9 Å². The lowest BCUT2D eigenvalue weighted by Gasteiger charge is -2.08. The van der Waals surface area contributed by atoms with Crippen LogP contribution in [-0.4, -0.2) is 4.98 Å². The average Bonchev–Trinajstić information content (AvgIpc) is 2.56. The summed E-state index contributed by atoms with van der Waals surface area (Å²) in [5.74, 6) is 0.556. The Morgan fingerprint density at radius 2 is 2.29 bits per heavy atom. The van der Waals surface area contributed by atoms with Crippen LogP contribution in [0.1, 0.15) is 31.7 Å². The molecule has 1 aromatic heterocycles. The fourth-order valence-corrected chi connectivity index (χ4v) is 2.37. The molecule has 0 unspecified atom stereocenters. The summed E-state index contributed by atoms with van der Waals surface area (Å²) in [6.07, 6.45) is 1.14. The molecule has 14 heavy (non-hydrogen) atoms. The Morgan fingerprint density at radius 3 is 3.00 bits per heavy atom. The molecule has 0 aliphatic heterocycles. The van der Waals surface area contributed by atoms with Gasteiger partial charge in [-0.1, -0.05) is 37.3 Å². The van der Waals surface area contributed by atoms with Crippen molar-refractivity contribution in [2.75, 3.05) is 5.73 Å². The van der Waals surface area contributed by atoms with Crippen LogP contribution in [0.4, 0.5) is 5.13 Å². The van der Waals surface area contributed by atoms with E-state index in [0.29, 0.717) is 11.0 Å². The number of para-hydroxylation sites is 1. The summed E-state index contributed by atoms with van der Waals surface area (Å²) in [6, 6.07) is 6.31. The van der Waals surface area contributed by atoms with Gasteiger partial charge < -0.3 is 5.73 Å². The highest BCUT2D eigenvalue weighted by Crippen LogP contribution is 2.31. The van der Waals surface area contributed by atoms with Crippen LogP contribution < -0.4 is 5.73 Å². The number of aromatic nitrogens is 1. The SMILES string of the molecule is CC[C@@H](C)c1cccc2sc(N)nc12. The van der Waals surface area contributed by atoms with E-state index in [1.165, 1.54) is 10.3 Å². The first kappa shape index (κ1) is 9.46. The first-order chi connectivity index (χ1) is 6.72. The van der Waals surface area contributed by atoms with Gasteiger partial charge in [0, 0.05) is 0 Å². The summed E-state index contributed by atoms with van der Waals surface area (Å²) in [5, 5.41) is 0.663. The largest absolute Gasteiger partial charge is 0.375 e. The number of rotatable bonds is 2. The highest BCUT2D eigenvalue weighted by molar-refractivity contribution is 7.22. The maximum atomic E-state index is 5.71. The zero-order valence-electron chi connectivity index (χ0n) is 8.45. The van der Waals surface area contributed by atoms with Gasteiger partial charge in [0.25, 0.3) is 0 Å². The molecule has 0 aliphatic rings. The van der Waals surface area contributed by atoms with Gasteiger partial charge in [0.1, 0.15) is 0 Å². The van der Waals surface area contributed by atoms with Crippen molar-refractivity contribution in [2.24, 2.45) is 0 Å². The number of hydrogen-bond acceptors (Lipinski definition) is 3. The number of anilines is 1. The zero-order chi connectivity index (χ0) is 10.1. The predicted octanol–water partition coefficient (Wildman–Crippen LogP) is 3.39. The summed E-state index contributed by atoms with van der Waals surface area (Å²) in [5.41, 5.74) is 8.11. The van der Waals surface area contributed by atoms with Gasteiger partial charge in [-0.25, -0.2) is 4.98 Å². The number of benzene rings is 1. The van der Waals surface area contributed by atoms with E-state index in [-0.39, 0.29) is 0 Å². The summed E-state index contributed by atoms with van der Waals surface area (Å²) in [7, 11) is 0. The van der Waals surface area contributed by atoms with Gasteiger partial charge in [0.15, 0.2) is 5.13 Å². The molecule has 1 aromatic carbocycles. The lowest BCUT2D eigenvalue weighted by Crippen LogP contribution is -1.92. The quantitative estimate of drug-likeness (QED) is 0.818.